The maximum absolute atomic E-state index is 5.78. The molecule has 0 aliphatic rings. The highest BCUT2D eigenvalue weighted by atomic mass is 79.9. The molecule has 1 heterocycles. The molecule has 0 bridgehead atoms. The predicted octanol–water partition coefficient (Wildman–Crippen LogP) is 3.23. The van der Waals surface area contributed by atoms with Crippen molar-refractivity contribution in [1.82, 2.24) is 4.98 Å². The third-order valence-corrected chi connectivity index (χ3v) is 2.77. The molecule has 0 saturated heterocycles. The highest BCUT2D eigenvalue weighted by molar-refractivity contribution is 9.10. The van der Waals surface area contributed by atoms with Gasteiger partial charge in [0.1, 0.15) is 5.75 Å². The highest BCUT2D eigenvalue weighted by Crippen LogP contribution is 2.32. The Morgan fingerprint density at radius 3 is 2.65 bits per heavy atom. The molecule has 2 aromatic rings. The van der Waals surface area contributed by atoms with Crippen LogP contribution in [0.25, 0.3) is 0 Å². The molecule has 0 unspecified atom stereocenters. The van der Waals surface area contributed by atoms with E-state index in [1.807, 2.05) is 24.3 Å². The fourth-order valence-electron chi connectivity index (χ4n) is 1.26. The van der Waals surface area contributed by atoms with Gasteiger partial charge in [0.2, 0.25) is 11.8 Å². The number of methoxy groups -OCH3 is 1. The van der Waals surface area contributed by atoms with E-state index in [1.165, 1.54) is 0 Å². The van der Waals surface area contributed by atoms with Crippen LogP contribution < -0.4 is 15.2 Å². The molecule has 0 fully saturated rings. The number of hydrogen-bond acceptors (Lipinski definition) is 4. The van der Waals surface area contributed by atoms with Crippen molar-refractivity contribution in [2.24, 2.45) is 0 Å². The summed E-state index contributed by atoms with van der Waals surface area (Å²) in [5, 5.41) is 0. The first-order valence-electron chi connectivity index (χ1n) is 4.93. The molecule has 88 valence electrons. The number of pyridine rings is 1. The summed E-state index contributed by atoms with van der Waals surface area (Å²) in [4.78, 5) is 4.14. The number of nitrogens with two attached hydrogens (primary N) is 1. The minimum Gasteiger partial charge on any atom is -0.481 e. The van der Waals surface area contributed by atoms with E-state index in [2.05, 4.69) is 20.9 Å². The number of halogens is 1. The zero-order chi connectivity index (χ0) is 12.3. The Bertz CT molecular complexity index is 532. The number of rotatable bonds is 3. The lowest BCUT2D eigenvalue weighted by molar-refractivity contribution is 0.384. The largest absolute Gasteiger partial charge is 0.481 e. The van der Waals surface area contributed by atoms with Gasteiger partial charge >= 0.3 is 0 Å². The van der Waals surface area contributed by atoms with E-state index in [0.29, 0.717) is 23.2 Å². The van der Waals surface area contributed by atoms with Crippen LogP contribution in [0.2, 0.25) is 0 Å². The van der Waals surface area contributed by atoms with E-state index < -0.39 is 0 Å². The number of para-hydroxylation sites is 1. The lowest BCUT2D eigenvalue weighted by atomic mass is 10.3. The van der Waals surface area contributed by atoms with Gasteiger partial charge in [-0.25, -0.2) is 0 Å². The van der Waals surface area contributed by atoms with Crippen LogP contribution in [0.5, 0.6) is 17.5 Å². The lowest BCUT2D eigenvalue weighted by Crippen LogP contribution is -1.97. The number of nitrogens with zero attached hydrogens (tertiary/aromatic N) is 1. The van der Waals surface area contributed by atoms with Crippen LogP contribution in [0.15, 0.2) is 40.9 Å². The summed E-state index contributed by atoms with van der Waals surface area (Å²) in [7, 11) is 1.54. The quantitative estimate of drug-likeness (QED) is 0.944. The SMILES string of the molecule is COc1ccc(N)c(Oc2ccccc2Br)n1. The molecule has 0 spiro atoms. The van der Waals surface area contributed by atoms with Gasteiger partial charge in [-0.2, -0.15) is 4.98 Å². The van der Waals surface area contributed by atoms with Crippen LogP contribution in [-0.4, -0.2) is 12.1 Å². The predicted molar refractivity (Wildman–Crippen MR) is 69.4 cm³/mol. The maximum Gasteiger partial charge on any atom is 0.246 e. The molecule has 17 heavy (non-hydrogen) atoms. The van der Waals surface area contributed by atoms with E-state index in [0.717, 1.165) is 4.47 Å². The summed E-state index contributed by atoms with van der Waals surface area (Å²) in [6, 6.07) is 10.9. The fraction of sp³-hybridized carbons (Fsp3) is 0.0833. The van der Waals surface area contributed by atoms with Gasteiger partial charge in [-0.3, -0.25) is 0 Å². The molecule has 0 amide bonds. The van der Waals surface area contributed by atoms with Crippen molar-refractivity contribution in [2.75, 3.05) is 12.8 Å². The smallest absolute Gasteiger partial charge is 0.246 e. The summed E-state index contributed by atoms with van der Waals surface area (Å²) in [5.41, 5.74) is 6.24. The molecule has 1 aromatic carbocycles. The molecule has 0 atom stereocenters. The number of ether oxygens (including phenoxy) is 2. The monoisotopic (exact) mass is 294 g/mol. The number of aromatic nitrogens is 1. The normalized spacial score (nSPS) is 10.0. The molecule has 5 heteroatoms. The molecule has 0 radical (unpaired) electrons. The van der Waals surface area contributed by atoms with E-state index in [9.17, 15) is 0 Å². The Balaban J connectivity index is 2.32. The topological polar surface area (TPSA) is 57.4 Å². The molecule has 0 aliphatic carbocycles. The average Bonchev–Trinajstić information content (AvgIpc) is 2.35. The Hall–Kier alpha value is -1.75. The Morgan fingerprint density at radius 2 is 1.94 bits per heavy atom. The van der Waals surface area contributed by atoms with Crippen molar-refractivity contribution in [3.8, 4) is 17.5 Å². The zero-order valence-electron chi connectivity index (χ0n) is 9.18. The molecule has 2 N–H and O–H groups in total. The van der Waals surface area contributed by atoms with Crippen LogP contribution in [0.4, 0.5) is 5.69 Å². The summed E-state index contributed by atoms with van der Waals surface area (Å²) in [6.45, 7) is 0. The minimum atomic E-state index is 0.330. The second-order valence-corrected chi connectivity index (χ2v) is 4.13. The van der Waals surface area contributed by atoms with Gasteiger partial charge in [0.25, 0.3) is 0 Å². The number of benzene rings is 1. The van der Waals surface area contributed by atoms with Gasteiger partial charge < -0.3 is 15.2 Å². The van der Waals surface area contributed by atoms with Gasteiger partial charge in [-0.1, -0.05) is 12.1 Å². The van der Waals surface area contributed by atoms with Crippen LogP contribution >= 0.6 is 15.9 Å². The van der Waals surface area contributed by atoms with E-state index in [1.54, 1.807) is 19.2 Å². The van der Waals surface area contributed by atoms with Gasteiger partial charge in [0.05, 0.1) is 17.3 Å². The average molecular weight is 295 g/mol. The zero-order valence-corrected chi connectivity index (χ0v) is 10.8. The Kier molecular flexibility index (Phi) is 3.49. The van der Waals surface area contributed by atoms with Crippen molar-refractivity contribution >= 4 is 21.6 Å². The number of anilines is 1. The Morgan fingerprint density at radius 1 is 1.18 bits per heavy atom. The maximum atomic E-state index is 5.78. The van der Waals surface area contributed by atoms with E-state index in [-0.39, 0.29) is 0 Å². The first-order chi connectivity index (χ1) is 8.20. The van der Waals surface area contributed by atoms with Crippen molar-refractivity contribution in [1.29, 1.82) is 0 Å². The second kappa shape index (κ2) is 5.05. The Labute approximate surface area is 108 Å². The molecule has 1 aromatic heterocycles. The molecule has 0 saturated carbocycles. The van der Waals surface area contributed by atoms with Crippen LogP contribution in [0.1, 0.15) is 0 Å². The second-order valence-electron chi connectivity index (χ2n) is 3.28. The van der Waals surface area contributed by atoms with Gasteiger partial charge in [0, 0.05) is 6.07 Å². The van der Waals surface area contributed by atoms with Crippen molar-refractivity contribution in [3.63, 3.8) is 0 Å². The standard InChI is InChI=1S/C12H11BrN2O2/c1-16-11-7-6-9(14)12(15-11)17-10-5-3-2-4-8(10)13/h2-7H,14H2,1H3. The molecule has 4 nitrogen and oxygen atoms in total. The minimum absolute atomic E-state index is 0.330. The van der Waals surface area contributed by atoms with Gasteiger partial charge in [0.15, 0.2) is 0 Å². The molecular formula is C12H11BrN2O2. The van der Waals surface area contributed by atoms with E-state index in [4.69, 9.17) is 15.2 Å². The van der Waals surface area contributed by atoms with Gasteiger partial charge in [-0.05, 0) is 34.1 Å². The summed E-state index contributed by atoms with van der Waals surface area (Å²) in [5.74, 6) is 1.44. The molecule has 0 aliphatic heterocycles. The molecule has 2 rings (SSSR count). The van der Waals surface area contributed by atoms with Crippen LogP contribution in [-0.2, 0) is 0 Å². The third-order valence-electron chi connectivity index (χ3n) is 2.12. The first kappa shape index (κ1) is 11.7. The van der Waals surface area contributed by atoms with Crippen molar-refractivity contribution in [2.45, 2.75) is 0 Å². The van der Waals surface area contributed by atoms with Crippen LogP contribution in [0.3, 0.4) is 0 Å². The van der Waals surface area contributed by atoms with Crippen molar-refractivity contribution < 1.29 is 9.47 Å². The van der Waals surface area contributed by atoms with Gasteiger partial charge in [-0.15, -0.1) is 0 Å². The number of hydrogen-bond donors (Lipinski definition) is 1. The van der Waals surface area contributed by atoms with Crippen LogP contribution in [0, 0.1) is 0 Å². The molecular weight excluding hydrogens is 284 g/mol. The van der Waals surface area contributed by atoms with Crippen molar-refractivity contribution in [3.05, 3.63) is 40.9 Å². The first-order valence-corrected chi connectivity index (χ1v) is 5.73. The lowest BCUT2D eigenvalue weighted by Gasteiger charge is -2.09. The summed E-state index contributed by atoms with van der Waals surface area (Å²) in [6.07, 6.45) is 0. The highest BCUT2D eigenvalue weighted by Gasteiger charge is 2.08. The summed E-state index contributed by atoms with van der Waals surface area (Å²) < 4.78 is 11.5. The third kappa shape index (κ3) is 2.68. The summed E-state index contributed by atoms with van der Waals surface area (Å²) >= 11 is 3.39. The fourth-order valence-corrected chi connectivity index (χ4v) is 1.63. The van der Waals surface area contributed by atoms with E-state index >= 15 is 0 Å². The number of nitrogen functional groups attached to an aromatic ring is 1.